The van der Waals surface area contributed by atoms with E-state index < -0.39 is 0 Å². The number of fused-ring (bicyclic) bond motifs is 1. The molecule has 21 heavy (non-hydrogen) atoms. The van der Waals surface area contributed by atoms with Crippen LogP contribution in [0.25, 0.3) is 0 Å². The molecule has 0 saturated carbocycles. The largest absolute Gasteiger partial charge is 0.504 e. The monoisotopic (exact) mass is 349 g/mol. The normalized spacial score (nSPS) is 20.5. The van der Waals surface area contributed by atoms with Crippen LogP contribution >= 0.6 is 15.9 Å². The molecule has 3 rings (SSSR count). The highest BCUT2D eigenvalue weighted by Gasteiger charge is 2.27. The lowest BCUT2D eigenvalue weighted by atomic mass is 9.93. The average Bonchev–Trinajstić information content (AvgIpc) is 2.47. The molecule has 1 aliphatic rings. The molecule has 2 aromatic rings. The van der Waals surface area contributed by atoms with Crippen LogP contribution in [0.2, 0.25) is 0 Å². The van der Waals surface area contributed by atoms with Gasteiger partial charge in [-0.1, -0.05) is 22.0 Å². The molecule has 2 aromatic carbocycles. The van der Waals surface area contributed by atoms with Gasteiger partial charge in [-0.3, -0.25) is 0 Å². The predicted octanol–water partition coefficient (Wildman–Crippen LogP) is 3.69. The standard InChI is InChI=1S/C16H16BrNO3/c1-20-15-4-2-9(6-13(15)19)16-8-12(18)11-7-10(17)3-5-14(11)21-16/h2-7,12,16,19H,8,18H2,1H3. The minimum Gasteiger partial charge on any atom is -0.504 e. The Morgan fingerprint density at radius 2 is 2.10 bits per heavy atom. The molecule has 5 heteroatoms. The van der Waals surface area contributed by atoms with Gasteiger partial charge in [-0.15, -0.1) is 0 Å². The first-order chi connectivity index (χ1) is 10.1. The molecule has 0 radical (unpaired) electrons. The number of phenolic OH excluding ortho intramolecular Hbond substituents is 1. The lowest BCUT2D eigenvalue weighted by Crippen LogP contribution is -2.24. The molecule has 0 aliphatic carbocycles. The van der Waals surface area contributed by atoms with Crippen LogP contribution in [-0.4, -0.2) is 12.2 Å². The van der Waals surface area contributed by atoms with Gasteiger partial charge < -0.3 is 20.3 Å². The summed E-state index contributed by atoms with van der Waals surface area (Å²) >= 11 is 3.45. The van der Waals surface area contributed by atoms with Crippen LogP contribution in [-0.2, 0) is 0 Å². The summed E-state index contributed by atoms with van der Waals surface area (Å²) in [4.78, 5) is 0. The van der Waals surface area contributed by atoms with Crippen molar-refractivity contribution in [1.29, 1.82) is 0 Å². The number of halogens is 1. The van der Waals surface area contributed by atoms with Gasteiger partial charge in [-0.05, 0) is 35.9 Å². The van der Waals surface area contributed by atoms with Crippen molar-refractivity contribution >= 4 is 15.9 Å². The van der Waals surface area contributed by atoms with Crippen LogP contribution < -0.4 is 15.2 Å². The number of ether oxygens (including phenoxy) is 2. The van der Waals surface area contributed by atoms with E-state index in [9.17, 15) is 5.11 Å². The summed E-state index contributed by atoms with van der Waals surface area (Å²) in [6.07, 6.45) is 0.486. The van der Waals surface area contributed by atoms with E-state index in [1.165, 1.54) is 7.11 Å². The van der Waals surface area contributed by atoms with Crippen LogP contribution in [0.15, 0.2) is 40.9 Å². The maximum Gasteiger partial charge on any atom is 0.160 e. The lowest BCUT2D eigenvalue weighted by molar-refractivity contribution is 0.161. The summed E-state index contributed by atoms with van der Waals surface area (Å²) in [5, 5.41) is 9.90. The van der Waals surface area contributed by atoms with Crippen molar-refractivity contribution in [2.24, 2.45) is 5.73 Å². The number of methoxy groups -OCH3 is 1. The SMILES string of the molecule is COc1ccc(C2CC(N)c3cc(Br)ccc3O2)cc1O. The highest BCUT2D eigenvalue weighted by Crippen LogP contribution is 2.42. The van der Waals surface area contributed by atoms with Crippen LogP contribution in [0.4, 0.5) is 0 Å². The first-order valence-corrected chi connectivity index (χ1v) is 7.46. The molecule has 1 aliphatic heterocycles. The zero-order chi connectivity index (χ0) is 15.0. The molecule has 2 atom stereocenters. The van der Waals surface area contributed by atoms with Crippen molar-refractivity contribution in [3.05, 3.63) is 52.0 Å². The quantitative estimate of drug-likeness (QED) is 0.867. The highest BCUT2D eigenvalue weighted by atomic mass is 79.9. The fourth-order valence-corrected chi connectivity index (χ4v) is 2.97. The third-order valence-corrected chi connectivity index (χ3v) is 4.18. The molecule has 0 amide bonds. The summed E-state index contributed by atoms with van der Waals surface area (Å²) < 4.78 is 12.1. The zero-order valence-electron chi connectivity index (χ0n) is 11.5. The van der Waals surface area contributed by atoms with Crippen LogP contribution in [0.3, 0.4) is 0 Å². The molecular formula is C16H16BrNO3. The van der Waals surface area contributed by atoms with E-state index >= 15 is 0 Å². The van der Waals surface area contributed by atoms with E-state index in [-0.39, 0.29) is 17.9 Å². The second-order valence-corrected chi connectivity index (χ2v) is 5.98. The van der Waals surface area contributed by atoms with E-state index in [1.807, 2.05) is 24.3 Å². The Hall–Kier alpha value is -1.72. The smallest absolute Gasteiger partial charge is 0.160 e. The predicted molar refractivity (Wildman–Crippen MR) is 83.7 cm³/mol. The lowest BCUT2D eigenvalue weighted by Gasteiger charge is -2.30. The molecule has 0 bridgehead atoms. The van der Waals surface area contributed by atoms with E-state index in [0.717, 1.165) is 21.3 Å². The van der Waals surface area contributed by atoms with Crippen molar-refractivity contribution in [3.63, 3.8) is 0 Å². The van der Waals surface area contributed by atoms with E-state index in [2.05, 4.69) is 15.9 Å². The van der Waals surface area contributed by atoms with Crippen molar-refractivity contribution < 1.29 is 14.6 Å². The molecule has 0 saturated heterocycles. The van der Waals surface area contributed by atoms with Crippen molar-refractivity contribution in [2.45, 2.75) is 18.6 Å². The molecule has 1 heterocycles. The Balaban J connectivity index is 1.92. The van der Waals surface area contributed by atoms with Crippen molar-refractivity contribution in [1.82, 2.24) is 0 Å². The number of rotatable bonds is 2. The number of hydrogen-bond acceptors (Lipinski definition) is 4. The van der Waals surface area contributed by atoms with E-state index in [4.69, 9.17) is 15.2 Å². The first-order valence-electron chi connectivity index (χ1n) is 6.67. The van der Waals surface area contributed by atoms with E-state index in [1.54, 1.807) is 12.1 Å². The number of nitrogens with two attached hydrogens (primary N) is 1. The zero-order valence-corrected chi connectivity index (χ0v) is 13.1. The Morgan fingerprint density at radius 3 is 2.81 bits per heavy atom. The second-order valence-electron chi connectivity index (χ2n) is 5.06. The Morgan fingerprint density at radius 1 is 1.29 bits per heavy atom. The summed E-state index contributed by atoms with van der Waals surface area (Å²) in [6.45, 7) is 0. The van der Waals surface area contributed by atoms with Gasteiger partial charge in [0.1, 0.15) is 11.9 Å². The van der Waals surface area contributed by atoms with Gasteiger partial charge in [-0.2, -0.15) is 0 Å². The number of hydrogen-bond donors (Lipinski definition) is 2. The van der Waals surface area contributed by atoms with Crippen LogP contribution in [0, 0.1) is 0 Å². The minimum atomic E-state index is -0.175. The van der Waals surface area contributed by atoms with Gasteiger partial charge in [0.05, 0.1) is 7.11 Å². The third kappa shape index (κ3) is 2.71. The number of aromatic hydroxyl groups is 1. The second kappa shape index (κ2) is 5.58. The molecule has 4 nitrogen and oxygen atoms in total. The molecule has 110 valence electrons. The maximum atomic E-state index is 9.90. The first kappa shape index (κ1) is 14.2. The van der Waals surface area contributed by atoms with Gasteiger partial charge in [0.15, 0.2) is 11.5 Å². The van der Waals surface area contributed by atoms with Gasteiger partial charge in [-0.25, -0.2) is 0 Å². The maximum absolute atomic E-state index is 9.90. The van der Waals surface area contributed by atoms with Crippen LogP contribution in [0.5, 0.6) is 17.2 Å². The molecule has 0 aromatic heterocycles. The Bertz CT molecular complexity index is 675. The van der Waals surface area contributed by atoms with Gasteiger partial charge >= 0.3 is 0 Å². The summed E-state index contributed by atoms with van der Waals surface area (Å²) in [6, 6.07) is 11.0. The fourth-order valence-electron chi connectivity index (χ4n) is 2.59. The summed E-state index contributed by atoms with van der Waals surface area (Å²) in [5.41, 5.74) is 8.13. The summed E-state index contributed by atoms with van der Waals surface area (Å²) in [7, 11) is 1.52. The van der Waals surface area contributed by atoms with Crippen molar-refractivity contribution in [2.75, 3.05) is 7.11 Å². The van der Waals surface area contributed by atoms with Crippen molar-refractivity contribution in [3.8, 4) is 17.2 Å². The third-order valence-electron chi connectivity index (χ3n) is 3.68. The van der Waals surface area contributed by atoms with E-state index in [0.29, 0.717) is 12.2 Å². The summed E-state index contributed by atoms with van der Waals surface area (Å²) in [5.74, 6) is 1.34. The average molecular weight is 350 g/mol. The number of phenols is 1. The Kier molecular flexibility index (Phi) is 3.78. The fraction of sp³-hybridized carbons (Fsp3) is 0.250. The molecule has 3 N–H and O–H groups in total. The number of benzene rings is 2. The molecule has 2 unspecified atom stereocenters. The topological polar surface area (TPSA) is 64.7 Å². The Labute approximate surface area is 131 Å². The molecule has 0 spiro atoms. The van der Waals surface area contributed by atoms with Gasteiger partial charge in [0.25, 0.3) is 0 Å². The minimum absolute atomic E-state index is 0.0968. The van der Waals surface area contributed by atoms with Gasteiger partial charge in [0, 0.05) is 22.5 Å². The highest BCUT2D eigenvalue weighted by molar-refractivity contribution is 9.10. The van der Waals surface area contributed by atoms with Gasteiger partial charge in [0.2, 0.25) is 0 Å². The molecule has 0 fully saturated rings. The molecular weight excluding hydrogens is 334 g/mol. The van der Waals surface area contributed by atoms with Crippen LogP contribution in [0.1, 0.15) is 29.7 Å².